The summed E-state index contributed by atoms with van der Waals surface area (Å²) < 4.78 is 38.4. The van der Waals surface area contributed by atoms with Crippen molar-refractivity contribution in [2.45, 2.75) is 57.9 Å². The quantitative estimate of drug-likeness (QED) is 0.661. The number of alkyl halides is 3. The van der Waals surface area contributed by atoms with Crippen LogP contribution in [-0.4, -0.2) is 59.4 Å². The molecule has 0 aromatic rings. The summed E-state index contributed by atoms with van der Waals surface area (Å²) in [6.07, 6.45) is -3.42. The van der Waals surface area contributed by atoms with Gasteiger partial charge in [-0.2, -0.15) is 13.2 Å². The van der Waals surface area contributed by atoms with Crippen LogP contribution in [0.4, 0.5) is 18.0 Å². The summed E-state index contributed by atoms with van der Waals surface area (Å²) in [5, 5.41) is 13.3. The maximum absolute atomic E-state index is 12.8. The van der Waals surface area contributed by atoms with E-state index in [9.17, 15) is 22.8 Å². The third kappa shape index (κ3) is 5.89. The molecule has 0 saturated heterocycles. The Morgan fingerprint density at radius 3 is 2.26 bits per heavy atom. The average molecular weight is 339 g/mol. The smallest absolute Gasteiger partial charge is 0.408 e. The van der Waals surface area contributed by atoms with Crippen LogP contribution >= 0.6 is 0 Å². The molecule has 9 heteroatoms. The van der Waals surface area contributed by atoms with Crippen LogP contribution < -0.4 is 10.6 Å². The number of carboxylic acids is 1. The highest BCUT2D eigenvalue weighted by Gasteiger charge is 2.43. The number of hydrogen-bond donors (Lipinski definition) is 3. The number of carbonyl (C=O) groups is 2. The van der Waals surface area contributed by atoms with Gasteiger partial charge in [-0.1, -0.05) is 20.8 Å². The molecular formula is C14H24F3N3O3. The molecule has 0 spiro atoms. The van der Waals surface area contributed by atoms with Crippen molar-refractivity contribution in [2.75, 3.05) is 13.1 Å². The van der Waals surface area contributed by atoms with Gasteiger partial charge in [-0.25, -0.2) is 4.79 Å². The van der Waals surface area contributed by atoms with Gasteiger partial charge in [0.1, 0.15) is 6.04 Å². The Hall–Kier alpha value is -1.51. The molecule has 23 heavy (non-hydrogen) atoms. The van der Waals surface area contributed by atoms with Gasteiger partial charge >= 0.3 is 18.2 Å². The van der Waals surface area contributed by atoms with Crippen LogP contribution in [0.5, 0.6) is 0 Å². The van der Waals surface area contributed by atoms with Crippen molar-refractivity contribution in [1.29, 1.82) is 0 Å². The number of carbonyl (C=O) groups excluding carboxylic acids is 1. The Bertz CT molecular complexity index is 423. The van der Waals surface area contributed by atoms with Gasteiger partial charge in [-0.15, -0.1) is 0 Å². The number of urea groups is 1. The van der Waals surface area contributed by atoms with Crippen molar-refractivity contribution in [1.82, 2.24) is 15.5 Å². The predicted molar refractivity (Wildman–Crippen MR) is 78.0 cm³/mol. The van der Waals surface area contributed by atoms with E-state index in [2.05, 4.69) is 5.32 Å². The topological polar surface area (TPSA) is 81.7 Å². The molecule has 1 aliphatic rings. The lowest BCUT2D eigenvalue weighted by Gasteiger charge is -2.42. The number of amides is 2. The second-order valence-electron chi connectivity index (χ2n) is 6.16. The van der Waals surface area contributed by atoms with Gasteiger partial charge in [0.2, 0.25) is 0 Å². The van der Waals surface area contributed by atoms with Crippen LogP contribution in [-0.2, 0) is 4.79 Å². The first kappa shape index (κ1) is 19.5. The van der Waals surface area contributed by atoms with Gasteiger partial charge in [0.05, 0.1) is 6.54 Å². The summed E-state index contributed by atoms with van der Waals surface area (Å²) in [6, 6.07) is -2.93. The molecule has 0 unspecified atom stereocenters. The third-order valence-corrected chi connectivity index (χ3v) is 4.02. The third-order valence-electron chi connectivity index (χ3n) is 4.02. The number of halogens is 3. The molecule has 0 heterocycles. The maximum Gasteiger partial charge on any atom is 0.408 e. The Morgan fingerprint density at radius 2 is 1.87 bits per heavy atom. The van der Waals surface area contributed by atoms with Crippen molar-refractivity contribution in [3.63, 3.8) is 0 Å². The zero-order valence-electron chi connectivity index (χ0n) is 13.5. The van der Waals surface area contributed by atoms with Crippen LogP contribution in [0.15, 0.2) is 0 Å². The van der Waals surface area contributed by atoms with E-state index in [1.54, 1.807) is 4.90 Å². The number of nitrogens with one attached hydrogen (secondary N) is 2. The number of rotatable bonds is 7. The molecule has 0 radical (unpaired) electrons. The largest absolute Gasteiger partial charge is 0.480 e. The van der Waals surface area contributed by atoms with Crippen molar-refractivity contribution >= 4 is 12.0 Å². The number of likely N-dealkylation sites (N-methyl/N-ethyl adjacent to an activating group) is 1. The van der Waals surface area contributed by atoms with Crippen molar-refractivity contribution in [2.24, 2.45) is 5.92 Å². The zero-order valence-corrected chi connectivity index (χ0v) is 13.5. The summed E-state index contributed by atoms with van der Waals surface area (Å²) >= 11 is 0. The average Bonchev–Trinajstić information content (AvgIpc) is 2.35. The molecule has 1 rings (SSSR count). The summed E-state index contributed by atoms with van der Waals surface area (Å²) in [5.41, 5.74) is 0. The van der Waals surface area contributed by atoms with Gasteiger partial charge in [0.25, 0.3) is 0 Å². The monoisotopic (exact) mass is 339 g/mol. The zero-order chi connectivity index (χ0) is 17.8. The fraction of sp³-hybridized carbons (Fsp3) is 0.857. The van der Waals surface area contributed by atoms with E-state index in [1.807, 2.05) is 12.2 Å². The van der Waals surface area contributed by atoms with E-state index in [0.717, 1.165) is 0 Å². The second kappa shape index (κ2) is 7.85. The number of nitrogens with zero attached hydrogens (tertiary/aromatic N) is 1. The minimum Gasteiger partial charge on any atom is -0.480 e. The van der Waals surface area contributed by atoms with Crippen LogP contribution in [0.25, 0.3) is 0 Å². The molecular weight excluding hydrogens is 315 g/mol. The van der Waals surface area contributed by atoms with Gasteiger partial charge in [-0.3, -0.25) is 9.69 Å². The van der Waals surface area contributed by atoms with E-state index in [0.29, 0.717) is 19.4 Å². The molecule has 6 nitrogen and oxygen atoms in total. The first-order valence-electron chi connectivity index (χ1n) is 7.64. The first-order valence-corrected chi connectivity index (χ1v) is 7.64. The Balaban J connectivity index is 2.42. The molecule has 0 aliphatic heterocycles. The number of carboxylic acid groups (broad SMARTS) is 1. The lowest BCUT2D eigenvalue weighted by Crippen LogP contribution is -2.59. The van der Waals surface area contributed by atoms with Gasteiger partial charge in [0, 0.05) is 12.1 Å². The van der Waals surface area contributed by atoms with Crippen molar-refractivity contribution in [3.8, 4) is 0 Å². The van der Waals surface area contributed by atoms with E-state index >= 15 is 0 Å². The number of hydrogen-bond acceptors (Lipinski definition) is 3. The molecule has 0 aromatic carbocycles. The van der Waals surface area contributed by atoms with E-state index < -0.39 is 30.1 Å². The fourth-order valence-electron chi connectivity index (χ4n) is 2.67. The minimum atomic E-state index is -4.49. The highest BCUT2D eigenvalue weighted by Crippen LogP contribution is 2.27. The lowest BCUT2D eigenvalue weighted by atomic mass is 9.85. The molecule has 3 N–H and O–H groups in total. The molecule has 0 bridgehead atoms. The van der Waals surface area contributed by atoms with Crippen LogP contribution in [0, 0.1) is 5.92 Å². The Morgan fingerprint density at radius 1 is 1.30 bits per heavy atom. The maximum atomic E-state index is 12.8. The predicted octanol–water partition coefficient (Wildman–Crippen LogP) is 1.81. The van der Waals surface area contributed by atoms with Gasteiger partial charge in [-0.05, 0) is 25.3 Å². The standard InChI is InChI=1S/C14H24F3N3O3/c1-4-20(7-11(21)22)10-5-9(6-10)18-13(23)19-12(8(2)3)14(15,16)17/h8-10,12H,4-7H2,1-3H3,(H,21,22)(H2,18,19,23)/t9?,10?,12-/m0/s1. The van der Waals surface area contributed by atoms with Gasteiger partial charge < -0.3 is 15.7 Å². The molecule has 1 aliphatic carbocycles. The molecule has 1 atom stereocenters. The molecule has 1 saturated carbocycles. The van der Waals surface area contributed by atoms with Crippen molar-refractivity contribution < 1.29 is 27.9 Å². The first-order chi connectivity index (χ1) is 10.5. The van der Waals surface area contributed by atoms with Crippen LogP contribution in [0.2, 0.25) is 0 Å². The van der Waals surface area contributed by atoms with Crippen molar-refractivity contribution in [3.05, 3.63) is 0 Å². The fourth-order valence-corrected chi connectivity index (χ4v) is 2.67. The summed E-state index contributed by atoms with van der Waals surface area (Å²) in [6.45, 7) is 5.11. The molecule has 0 aromatic heterocycles. The lowest BCUT2D eigenvalue weighted by molar-refractivity contribution is -0.162. The molecule has 134 valence electrons. The summed E-state index contributed by atoms with van der Waals surface area (Å²) in [7, 11) is 0. The highest BCUT2D eigenvalue weighted by atomic mass is 19.4. The van der Waals surface area contributed by atoms with E-state index in [1.165, 1.54) is 13.8 Å². The minimum absolute atomic E-state index is 0.0323. The van der Waals surface area contributed by atoms with Gasteiger partial charge in [0.15, 0.2) is 0 Å². The normalized spacial score (nSPS) is 22.6. The van der Waals surface area contributed by atoms with E-state index in [-0.39, 0.29) is 18.6 Å². The van der Waals surface area contributed by atoms with E-state index in [4.69, 9.17) is 5.11 Å². The Labute approximate surface area is 133 Å². The highest BCUT2D eigenvalue weighted by molar-refractivity contribution is 5.75. The summed E-state index contributed by atoms with van der Waals surface area (Å²) in [4.78, 5) is 24.2. The number of aliphatic carboxylic acids is 1. The molecule has 1 fully saturated rings. The molecule has 2 amide bonds. The van der Waals surface area contributed by atoms with Crippen LogP contribution in [0.3, 0.4) is 0 Å². The summed E-state index contributed by atoms with van der Waals surface area (Å²) in [5.74, 6) is -1.69. The second-order valence-corrected chi connectivity index (χ2v) is 6.16. The van der Waals surface area contributed by atoms with Crippen LogP contribution in [0.1, 0.15) is 33.6 Å². The SMILES string of the molecule is CCN(CC(=O)O)C1CC(NC(=O)N[C@@H](C(C)C)C(F)(F)F)C1. The Kier molecular flexibility index (Phi) is 6.67.